The maximum absolute atomic E-state index is 9.77. The number of nitrogens with zero attached hydrogens (tertiary/aromatic N) is 5. The second kappa shape index (κ2) is 4.18. The van der Waals surface area contributed by atoms with Crippen LogP contribution in [0.15, 0.2) is 32.9 Å². The third-order valence-electron chi connectivity index (χ3n) is 2.29. The highest BCUT2D eigenvalue weighted by atomic mass is 79.9. The highest BCUT2D eigenvalue weighted by Crippen LogP contribution is 2.37. The number of fused-ring (bicyclic) bond motifs is 1. The Balaban J connectivity index is 2.10. The third kappa shape index (κ3) is 1.84. The van der Waals surface area contributed by atoms with E-state index in [-0.39, 0.29) is 11.8 Å². The van der Waals surface area contributed by atoms with Crippen molar-refractivity contribution >= 4 is 38.5 Å². The quantitative estimate of drug-likeness (QED) is 0.631. The molecule has 0 amide bonds. The predicted octanol–water partition coefficient (Wildman–Crippen LogP) is 2.56. The minimum Gasteiger partial charge on any atom is -0.493 e. The first-order valence-corrected chi connectivity index (χ1v) is 5.69. The second-order valence-corrected chi connectivity index (χ2v) is 4.34. The summed E-state index contributed by atoms with van der Waals surface area (Å²) in [6.45, 7) is 0. The van der Waals surface area contributed by atoms with E-state index >= 15 is 0 Å². The number of rotatable bonds is 2. The van der Waals surface area contributed by atoms with E-state index in [0.29, 0.717) is 5.69 Å². The fraction of sp³-hybridized carbons (Fsp3) is 0. The average molecular weight is 308 g/mol. The zero-order valence-electron chi connectivity index (χ0n) is 8.79. The van der Waals surface area contributed by atoms with Crippen molar-refractivity contribution in [3.05, 3.63) is 22.7 Å². The van der Waals surface area contributed by atoms with Crippen LogP contribution in [-0.2, 0) is 0 Å². The summed E-state index contributed by atoms with van der Waals surface area (Å²) in [5.74, 6) is 0.0362. The number of H-pyrrole nitrogens is 2. The number of aromatic hydroxyl groups is 1. The van der Waals surface area contributed by atoms with Crippen LogP contribution in [0.4, 0.5) is 11.6 Å². The van der Waals surface area contributed by atoms with Crippen LogP contribution in [0, 0.1) is 0 Å². The van der Waals surface area contributed by atoms with E-state index in [1.165, 1.54) is 0 Å². The van der Waals surface area contributed by atoms with E-state index in [1.54, 1.807) is 0 Å². The number of aromatic nitrogens is 5. The molecule has 0 atom stereocenters. The molecular formula is C9H6BrN7O. The lowest BCUT2D eigenvalue weighted by Crippen LogP contribution is -1.68. The number of hydrogen-bond donors (Lipinski definition) is 3. The fourth-order valence-corrected chi connectivity index (χ4v) is 1.89. The molecule has 2 aromatic heterocycles. The number of azo groups is 1. The first-order valence-electron chi connectivity index (χ1n) is 4.89. The zero-order chi connectivity index (χ0) is 12.5. The van der Waals surface area contributed by atoms with Crippen LogP contribution in [0.3, 0.4) is 0 Å². The van der Waals surface area contributed by atoms with E-state index in [9.17, 15) is 5.11 Å². The molecular weight excluding hydrogens is 302 g/mol. The minimum absolute atomic E-state index is 0.0599. The molecule has 8 nitrogen and oxygen atoms in total. The summed E-state index contributed by atoms with van der Waals surface area (Å²) in [5.41, 5.74) is 1.09. The van der Waals surface area contributed by atoms with Crippen molar-refractivity contribution in [2.75, 3.05) is 0 Å². The summed E-state index contributed by atoms with van der Waals surface area (Å²) in [4.78, 5) is 2.80. The van der Waals surface area contributed by atoms with Crippen molar-refractivity contribution in [3.8, 4) is 5.88 Å². The van der Waals surface area contributed by atoms with E-state index < -0.39 is 0 Å². The van der Waals surface area contributed by atoms with E-state index in [4.69, 9.17) is 0 Å². The SMILES string of the molecule is Oc1[nH]c2ccc(Br)cc2c1N=Nc1nn[nH]n1. The van der Waals surface area contributed by atoms with Gasteiger partial charge in [-0.2, -0.15) is 5.21 Å². The molecule has 1 aromatic carbocycles. The summed E-state index contributed by atoms with van der Waals surface area (Å²) < 4.78 is 0.880. The van der Waals surface area contributed by atoms with Crippen molar-refractivity contribution in [2.24, 2.45) is 10.2 Å². The van der Waals surface area contributed by atoms with Gasteiger partial charge in [-0.3, -0.25) is 0 Å². The highest BCUT2D eigenvalue weighted by Gasteiger charge is 2.10. The lowest BCUT2D eigenvalue weighted by molar-refractivity contribution is 0.459. The molecule has 0 aliphatic carbocycles. The van der Waals surface area contributed by atoms with Crippen LogP contribution in [0.25, 0.3) is 10.9 Å². The number of hydrogen-bond acceptors (Lipinski definition) is 6. The van der Waals surface area contributed by atoms with Crippen LogP contribution in [-0.4, -0.2) is 30.7 Å². The van der Waals surface area contributed by atoms with Crippen LogP contribution >= 0.6 is 15.9 Å². The standard InChI is InChI=1S/C9H6BrN7O/c10-4-1-2-6-5(3-4)7(8(18)11-6)12-13-9-14-16-17-15-9/h1-3,11,18H,(H,14,15,16,17). The van der Waals surface area contributed by atoms with Crippen molar-refractivity contribution < 1.29 is 5.11 Å². The summed E-state index contributed by atoms with van der Waals surface area (Å²) in [5, 5.41) is 31.1. The maximum atomic E-state index is 9.77. The van der Waals surface area contributed by atoms with E-state index in [2.05, 4.69) is 51.8 Å². The van der Waals surface area contributed by atoms with Crippen LogP contribution in [0.5, 0.6) is 5.88 Å². The van der Waals surface area contributed by atoms with Crippen LogP contribution < -0.4 is 0 Å². The molecule has 0 radical (unpaired) electrons. The van der Waals surface area contributed by atoms with Gasteiger partial charge >= 0.3 is 5.95 Å². The van der Waals surface area contributed by atoms with Gasteiger partial charge < -0.3 is 10.1 Å². The van der Waals surface area contributed by atoms with Gasteiger partial charge in [0, 0.05) is 9.86 Å². The Morgan fingerprint density at radius 2 is 2.17 bits per heavy atom. The van der Waals surface area contributed by atoms with Gasteiger partial charge in [0.1, 0.15) is 0 Å². The van der Waals surface area contributed by atoms with Crippen molar-refractivity contribution in [3.63, 3.8) is 0 Å². The molecule has 18 heavy (non-hydrogen) atoms. The monoisotopic (exact) mass is 307 g/mol. The first-order chi connectivity index (χ1) is 8.74. The Kier molecular flexibility index (Phi) is 2.52. The molecule has 3 N–H and O–H groups in total. The van der Waals surface area contributed by atoms with Gasteiger partial charge in [-0.05, 0) is 23.4 Å². The van der Waals surface area contributed by atoms with Gasteiger partial charge in [0.15, 0.2) is 5.69 Å². The Hall–Kier alpha value is -2.29. The normalized spacial score (nSPS) is 11.6. The summed E-state index contributed by atoms with van der Waals surface area (Å²) in [6, 6.07) is 5.51. The molecule has 0 bridgehead atoms. The minimum atomic E-state index is -0.0599. The van der Waals surface area contributed by atoms with Gasteiger partial charge in [-0.1, -0.05) is 21.0 Å². The average Bonchev–Trinajstić information content (AvgIpc) is 2.94. The smallest absolute Gasteiger partial charge is 0.307 e. The van der Waals surface area contributed by atoms with Crippen molar-refractivity contribution in [2.45, 2.75) is 0 Å². The van der Waals surface area contributed by atoms with Crippen LogP contribution in [0.1, 0.15) is 0 Å². The topological polar surface area (TPSA) is 115 Å². The summed E-state index contributed by atoms with van der Waals surface area (Å²) in [6.07, 6.45) is 0. The highest BCUT2D eigenvalue weighted by molar-refractivity contribution is 9.10. The molecule has 0 saturated carbocycles. The molecule has 0 aliphatic rings. The molecule has 0 saturated heterocycles. The molecule has 0 aliphatic heterocycles. The Labute approximate surface area is 108 Å². The van der Waals surface area contributed by atoms with Gasteiger partial charge in [0.05, 0.1) is 5.52 Å². The van der Waals surface area contributed by atoms with Crippen molar-refractivity contribution in [1.82, 2.24) is 25.6 Å². The third-order valence-corrected chi connectivity index (χ3v) is 2.78. The number of halogens is 1. The molecule has 2 heterocycles. The maximum Gasteiger partial charge on any atom is 0.307 e. The molecule has 0 fully saturated rings. The molecule has 90 valence electrons. The lowest BCUT2D eigenvalue weighted by Gasteiger charge is -1.92. The van der Waals surface area contributed by atoms with Crippen molar-refractivity contribution in [1.29, 1.82) is 0 Å². The lowest BCUT2D eigenvalue weighted by atomic mass is 10.2. The second-order valence-electron chi connectivity index (χ2n) is 3.42. The van der Waals surface area contributed by atoms with Gasteiger partial charge in [-0.15, -0.1) is 15.3 Å². The number of tetrazole rings is 1. The first kappa shape index (κ1) is 10.8. The molecule has 3 aromatic rings. The van der Waals surface area contributed by atoms with Gasteiger partial charge in [0.25, 0.3) is 0 Å². The van der Waals surface area contributed by atoms with Gasteiger partial charge in [0.2, 0.25) is 5.88 Å². The van der Waals surface area contributed by atoms with Crippen LogP contribution in [0.2, 0.25) is 0 Å². The molecule has 0 unspecified atom stereocenters. The summed E-state index contributed by atoms with van der Waals surface area (Å²) in [7, 11) is 0. The van der Waals surface area contributed by atoms with E-state index in [0.717, 1.165) is 15.4 Å². The predicted molar refractivity (Wildman–Crippen MR) is 66.0 cm³/mol. The number of aromatic amines is 2. The van der Waals surface area contributed by atoms with E-state index in [1.807, 2.05) is 18.2 Å². The fourth-order valence-electron chi connectivity index (χ4n) is 1.53. The molecule has 0 spiro atoms. The molecule has 3 rings (SSSR count). The zero-order valence-corrected chi connectivity index (χ0v) is 10.4. The molecule has 9 heteroatoms. The van der Waals surface area contributed by atoms with Gasteiger partial charge in [-0.25, -0.2) is 0 Å². The largest absolute Gasteiger partial charge is 0.493 e. The number of benzene rings is 1. The Morgan fingerprint density at radius 3 is 2.94 bits per heavy atom. The Morgan fingerprint density at radius 1 is 1.28 bits per heavy atom. The number of nitrogens with one attached hydrogen (secondary N) is 2. The Bertz CT molecular complexity index is 718. The summed E-state index contributed by atoms with van der Waals surface area (Å²) >= 11 is 3.36.